The van der Waals surface area contributed by atoms with Crippen LogP contribution in [0.1, 0.15) is 11.1 Å². The summed E-state index contributed by atoms with van der Waals surface area (Å²) >= 11 is 1.54. The number of halogens is 1. The quantitative estimate of drug-likeness (QED) is 0.906. The number of hydrogen-bond acceptors (Lipinski definition) is 3. The van der Waals surface area contributed by atoms with Gasteiger partial charge in [0, 0.05) is 17.1 Å². The van der Waals surface area contributed by atoms with Gasteiger partial charge in [-0.15, -0.1) is 11.8 Å². The minimum absolute atomic E-state index is 0.0267. The van der Waals surface area contributed by atoms with Crippen LogP contribution in [0.2, 0.25) is 0 Å². The maximum Gasteiger partial charge on any atom is 0.234 e. The van der Waals surface area contributed by atoms with Crippen LogP contribution in [0.15, 0.2) is 41.3 Å². The van der Waals surface area contributed by atoms with Crippen LogP contribution in [-0.4, -0.2) is 11.7 Å². The molecule has 0 aliphatic carbocycles. The molecule has 5 heteroatoms. The molecule has 0 unspecified atom stereocenters. The number of carbonyl (C=O) groups excluding carboxylic acids is 1. The van der Waals surface area contributed by atoms with E-state index in [1.165, 1.54) is 6.07 Å². The predicted octanol–water partition coefficient (Wildman–Crippen LogP) is 3.79. The molecule has 0 fully saturated rings. The van der Waals surface area contributed by atoms with Crippen LogP contribution >= 0.6 is 11.8 Å². The first-order chi connectivity index (χ1) is 10.1. The highest BCUT2D eigenvalue weighted by Gasteiger charge is 2.15. The molecule has 0 radical (unpaired) electrons. The predicted molar refractivity (Wildman–Crippen MR) is 84.3 cm³/mol. The van der Waals surface area contributed by atoms with Crippen molar-refractivity contribution in [2.24, 2.45) is 0 Å². The number of fused-ring (bicyclic) bond motifs is 1. The van der Waals surface area contributed by atoms with Gasteiger partial charge in [0.1, 0.15) is 5.82 Å². The van der Waals surface area contributed by atoms with Gasteiger partial charge in [0.15, 0.2) is 0 Å². The topological polar surface area (TPSA) is 41.1 Å². The molecule has 108 valence electrons. The van der Waals surface area contributed by atoms with Crippen molar-refractivity contribution in [1.82, 2.24) is 0 Å². The zero-order valence-corrected chi connectivity index (χ0v) is 12.4. The van der Waals surface area contributed by atoms with Crippen LogP contribution in [-0.2, 0) is 11.3 Å². The van der Waals surface area contributed by atoms with E-state index in [2.05, 4.69) is 10.6 Å². The second-order valence-corrected chi connectivity index (χ2v) is 6.00. The fraction of sp³-hybridized carbons (Fsp3) is 0.188. The Morgan fingerprint density at radius 2 is 2.14 bits per heavy atom. The highest BCUT2D eigenvalue weighted by Crippen LogP contribution is 2.33. The monoisotopic (exact) mass is 302 g/mol. The van der Waals surface area contributed by atoms with Crippen LogP contribution in [0, 0.1) is 12.7 Å². The van der Waals surface area contributed by atoms with Crippen molar-refractivity contribution in [3.05, 3.63) is 53.3 Å². The molecule has 1 aliphatic rings. The lowest BCUT2D eigenvalue weighted by molar-refractivity contribution is -0.113. The van der Waals surface area contributed by atoms with Gasteiger partial charge in [-0.1, -0.05) is 12.1 Å². The van der Waals surface area contributed by atoms with Gasteiger partial charge in [0.2, 0.25) is 5.91 Å². The maximum atomic E-state index is 13.2. The first-order valence-corrected chi connectivity index (χ1v) is 7.66. The molecule has 0 saturated carbocycles. The number of aryl methyl sites for hydroxylation is 1. The normalized spacial score (nSPS) is 13.5. The van der Waals surface area contributed by atoms with Gasteiger partial charge < -0.3 is 10.6 Å². The minimum Gasteiger partial charge on any atom is -0.381 e. The van der Waals surface area contributed by atoms with Gasteiger partial charge in [-0.2, -0.15) is 0 Å². The third-order valence-corrected chi connectivity index (χ3v) is 4.40. The van der Waals surface area contributed by atoms with E-state index in [1.807, 2.05) is 24.3 Å². The van der Waals surface area contributed by atoms with Gasteiger partial charge in [0.25, 0.3) is 0 Å². The molecule has 0 spiro atoms. The zero-order chi connectivity index (χ0) is 14.8. The molecular weight excluding hydrogens is 287 g/mol. The van der Waals surface area contributed by atoms with E-state index in [-0.39, 0.29) is 11.7 Å². The van der Waals surface area contributed by atoms with Crippen molar-refractivity contribution in [2.75, 3.05) is 16.4 Å². The minimum atomic E-state index is -0.188. The molecule has 2 aromatic carbocycles. The number of benzene rings is 2. The third-order valence-electron chi connectivity index (χ3n) is 3.33. The van der Waals surface area contributed by atoms with Crippen molar-refractivity contribution in [1.29, 1.82) is 0 Å². The van der Waals surface area contributed by atoms with E-state index >= 15 is 0 Å². The molecule has 0 atom stereocenters. The second-order valence-electron chi connectivity index (χ2n) is 4.98. The highest BCUT2D eigenvalue weighted by molar-refractivity contribution is 8.00. The van der Waals surface area contributed by atoms with Crippen molar-refractivity contribution in [3.63, 3.8) is 0 Å². The smallest absolute Gasteiger partial charge is 0.234 e. The van der Waals surface area contributed by atoms with Crippen LogP contribution in [0.3, 0.4) is 0 Å². The van der Waals surface area contributed by atoms with Crippen molar-refractivity contribution >= 4 is 29.0 Å². The lowest BCUT2D eigenvalue weighted by Crippen LogP contribution is -2.18. The van der Waals surface area contributed by atoms with Crippen molar-refractivity contribution < 1.29 is 9.18 Å². The fourth-order valence-corrected chi connectivity index (χ4v) is 3.00. The summed E-state index contributed by atoms with van der Waals surface area (Å²) < 4.78 is 13.2. The third kappa shape index (κ3) is 3.19. The highest BCUT2D eigenvalue weighted by atomic mass is 32.2. The summed E-state index contributed by atoms with van der Waals surface area (Å²) in [5.74, 6) is 0.306. The van der Waals surface area contributed by atoms with E-state index in [9.17, 15) is 9.18 Å². The van der Waals surface area contributed by atoms with E-state index in [4.69, 9.17) is 0 Å². The first-order valence-electron chi connectivity index (χ1n) is 6.67. The lowest BCUT2D eigenvalue weighted by atomic mass is 10.1. The van der Waals surface area contributed by atoms with Gasteiger partial charge in [-0.3, -0.25) is 4.79 Å². The zero-order valence-electron chi connectivity index (χ0n) is 11.6. The van der Waals surface area contributed by atoms with Crippen molar-refractivity contribution in [3.8, 4) is 0 Å². The molecule has 1 amide bonds. The summed E-state index contributed by atoms with van der Waals surface area (Å²) in [5.41, 5.74) is 3.43. The van der Waals surface area contributed by atoms with E-state index in [0.717, 1.165) is 21.8 Å². The van der Waals surface area contributed by atoms with Crippen LogP contribution in [0.5, 0.6) is 0 Å². The standard InChI is InChI=1S/C16H15FN2OS/c1-10-6-11(2-4-13(10)17)8-18-12-3-5-15-14(7-12)19-16(20)9-21-15/h2-7,18H,8-9H2,1H3,(H,19,20). The number of carbonyl (C=O) groups is 1. The summed E-state index contributed by atoms with van der Waals surface area (Å²) in [6, 6.07) is 11.0. The second kappa shape index (κ2) is 5.77. The average Bonchev–Trinajstić information content (AvgIpc) is 2.48. The number of rotatable bonds is 3. The fourth-order valence-electron chi connectivity index (χ4n) is 2.21. The molecule has 0 saturated heterocycles. The van der Waals surface area contributed by atoms with Crippen molar-refractivity contribution in [2.45, 2.75) is 18.4 Å². The summed E-state index contributed by atoms with van der Waals surface area (Å²) in [6.45, 7) is 2.37. The Labute approximate surface area is 126 Å². The van der Waals surface area contributed by atoms with E-state index < -0.39 is 0 Å². The van der Waals surface area contributed by atoms with E-state index in [0.29, 0.717) is 17.9 Å². The van der Waals surface area contributed by atoms with Gasteiger partial charge >= 0.3 is 0 Å². The molecule has 2 N–H and O–H groups in total. The molecule has 1 heterocycles. The molecule has 3 nitrogen and oxygen atoms in total. The SMILES string of the molecule is Cc1cc(CNc2ccc3c(c2)NC(=O)CS3)ccc1F. The Hall–Kier alpha value is -2.01. The number of anilines is 2. The largest absolute Gasteiger partial charge is 0.381 e. The summed E-state index contributed by atoms with van der Waals surface area (Å²) in [6.07, 6.45) is 0. The number of amides is 1. The molecule has 2 aromatic rings. The van der Waals surface area contributed by atoms with Gasteiger partial charge in [-0.05, 0) is 42.3 Å². The van der Waals surface area contributed by atoms with Crippen LogP contribution in [0.4, 0.5) is 15.8 Å². The molecule has 21 heavy (non-hydrogen) atoms. The lowest BCUT2D eigenvalue weighted by Gasteiger charge is -2.17. The van der Waals surface area contributed by atoms with Gasteiger partial charge in [0.05, 0.1) is 11.4 Å². The Morgan fingerprint density at radius 1 is 1.29 bits per heavy atom. The number of thioether (sulfide) groups is 1. The summed E-state index contributed by atoms with van der Waals surface area (Å²) in [7, 11) is 0. The van der Waals surface area contributed by atoms with E-state index in [1.54, 1.807) is 24.8 Å². The molecule has 0 aromatic heterocycles. The Morgan fingerprint density at radius 3 is 2.95 bits per heavy atom. The van der Waals surface area contributed by atoms with Crippen LogP contribution < -0.4 is 10.6 Å². The first kappa shape index (κ1) is 13.9. The summed E-state index contributed by atoms with van der Waals surface area (Å²) in [5, 5.41) is 6.16. The Kier molecular flexibility index (Phi) is 3.84. The maximum absolute atomic E-state index is 13.2. The van der Waals surface area contributed by atoms with Crippen LogP contribution in [0.25, 0.3) is 0 Å². The number of nitrogens with one attached hydrogen (secondary N) is 2. The Balaban J connectivity index is 1.72. The molecule has 3 rings (SSSR count). The van der Waals surface area contributed by atoms with Gasteiger partial charge in [-0.25, -0.2) is 4.39 Å². The summed E-state index contributed by atoms with van der Waals surface area (Å²) in [4.78, 5) is 12.5. The Bertz CT molecular complexity index is 703. The molecule has 0 bridgehead atoms. The number of hydrogen-bond donors (Lipinski definition) is 2. The molecular formula is C16H15FN2OS. The average molecular weight is 302 g/mol. The molecule has 1 aliphatic heterocycles.